The minimum absolute atomic E-state index is 0.218. The molecule has 4 amide bonds. The highest BCUT2D eigenvalue weighted by Crippen LogP contribution is 2.19. The molecule has 2 fully saturated rings. The maximum absolute atomic E-state index is 12.1. The van der Waals surface area contributed by atoms with E-state index in [1.165, 1.54) is 5.56 Å². The average molecular weight is 431 g/mol. The number of nitrogens with one attached hydrogen (secondary N) is 1. The quantitative estimate of drug-likeness (QED) is 0.702. The molecular formula is C23H34N4O4. The number of ether oxygens (including phenoxy) is 1. The molecule has 8 nitrogen and oxygen atoms in total. The van der Waals surface area contributed by atoms with Crippen LogP contribution >= 0.6 is 0 Å². The highest BCUT2D eigenvalue weighted by atomic mass is 16.6. The van der Waals surface area contributed by atoms with Crippen molar-refractivity contribution >= 4 is 23.7 Å². The third kappa shape index (κ3) is 6.95. The van der Waals surface area contributed by atoms with Gasteiger partial charge in [0.1, 0.15) is 5.60 Å². The number of hydrogen-bond donors (Lipinski definition) is 1. The third-order valence-corrected chi connectivity index (χ3v) is 5.52. The summed E-state index contributed by atoms with van der Waals surface area (Å²) in [6, 6.07) is 7.65. The van der Waals surface area contributed by atoms with E-state index >= 15 is 0 Å². The van der Waals surface area contributed by atoms with Gasteiger partial charge in [0, 0.05) is 44.8 Å². The van der Waals surface area contributed by atoms with Crippen LogP contribution < -0.4 is 10.2 Å². The lowest BCUT2D eigenvalue weighted by Crippen LogP contribution is -2.50. The zero-order valence-corrected chi connectivity index (χ0v) is 18.9. The Kier molecular flexibility index (Phi) is 7.54. The monoisotopic (exact) mass is 430 g/mol. The molecule has 2 aliphatic rings. The summed E-state index contributed by atoms with van der Waals surface area (Å²) in [6.45, 7) is 10.3. The van der Waals surface area contributed by atoms with E-state index in [0.717, 1.165) is 44.6 Å². The van der Waals surface area contributed by atoms with Gasteiger partial charge in [-0.2, -0.15) is 0 Å². The number of carbonyl (C=O) groups is 3. The molecule has 0 radical (unpaired) electrons. The average Bonchev–Trinajstić information content (AvgIpc) is 2.71. The molecule has 0 spiro atoms. The van der Waals surface area contributed by atoms with Crippen LogP contribution in [0.4, 0.5) is 15.3 Å². The maximum Gasteiger partial charge on any atom is 0.410 e. The summed E-state index contributed by atoms with van der Waals surface area (Å²) < 4.78 is 5.45. The molecule has 8 heteroatoms. The van der Waals surface area contributed by atoms with Crippen LogP contribution in [-0.4, -0.2) is 72.7 Å². The number of benzene rings is 1. The normalized spacial score (nSPS) is 18.2. The van der Waals surface area contributed by atoms with Gasteiger partial charge in [0.2, 0.25) is 5.91 Å². The summed E-state index contributed by atoms with van der Waals surface area (Å²) in [5, 5.41) is 2.35. The van der Waals surface area contributed by atoms with Crippen molar-refractivity contribution in [3.63, 3.8) is 0 Å². The molecule has 31 heavy (non-hydrogen) atoms. The van der Waals surface area contributed by atoms with E-state index in [0.29, 0.717) is 26.1 Å². The van der Waals surface area contributed by atoms with E-state index in [2.05, 4.69) is 22.3 Å². The van der Waals surface area contributed by atoms with E-state index in [-0.39, 0.29) is 18.0 Å². The lowest BCUT2D eigenvalue weighted by atomic mass is 10.1. The number of rotatable bonds is 6. The fourth-order valence-electron chi connectivity index (χ4n) is 3.80. The molecule has 2 heterocycles. The first-order valence-corrected chi connectivity index (χ1v) is 11.1. The molecule has 1 aromatic rings. The van der Waals surface area contributed by atoms with Crippen LogP contribution in [0.3, 0.4) is 0 Å². The van der Waals surface area contributed by atoms with Gasteiger partial charge in [-0.1, -0.05) is 12.1 Å². The number of nitrogens with zero attached hydrogens (tertiary/aromatic N) is 3. The van der Waals surface area contributed by atoms with Crippen LogP contribution in [0.2, 0.25) is 0 Å². The Hall–Kier alpha value is -2.61. The van der Waals surface area contributed by atoms with Crippen LogP contribution in [0.15, 0.2) is 24.3 Å². The zero-order chi connectivity index (χ0) is 22.4. The zero-order valence-electron chi connectivity index (χ0n) is 18.9. The van der Waals surface area contributed by atoms with Crippen LogP contribution in [0, 0.1) is 0 Å². The number of urea groups is 1. The highest BCUT2D eigenvalue weighted by molar-refractivity contribution is 6.05. The molecule has 1 N–H and O–H groups in total. The summed E-state index contributed by atoms with van der Waals surface area (Å²) in [4.78, 5) is 41.1. The Morgan fingerprint density at radius 2 is 1.68 bits per heavy atom. The van der Waals surface area contributed by atoms with Gasteiger partial charge < -0.3 is 9.64 Å². The number of aryl methyl sites for hydroxylation is 1. The van der Waals surface area contributed by atoms with Crippen LogP contribution in [0.5, 0.6) is 0 Å². The van der Waals surface area contributed by atoms with Gasteiger partial charge in [-0.15, -0.1) is 0 Å². The van der Waals surface area contributed by atoms with Crippen molar-refractivity contribution in [3.05, 3.63) is 29.8 Å². The Labute approximate surface area is 184 Å². The summed E-state index contributed by atoms with van der Waals surface area (Å²) in [6.07, 6.45) is 3.29. The number of hydrogen-bond acceptors (Lipinski definition) is 5. The lowest BCUT2D eigenvalue weighted by Gasteiger charge is -2.35. The maximum atomic E-state index is 12.1. The summed E-state index contributed by atoms with van der Waals surface area (Å²) >= 11 is 0. The Morgan fingerprint density at radius 3 is 2.29 bits per heavy atom. The molecule has 170 valence electrons. The van der Waals surface area contributed by atoms with Crippen molar-refractivity contribution in [3.8, 4) is 0 Å². The van der Waals surface area contributed by atoms with Gasteiger partial charge in [-0.25, -0.2) is 9.59 Å². The first-order chi connectivity index (χ1) is 14.7. The predicted octanol–water partition coefficient (Wildman–Crippen LogP) is 3.01. The van der Waals surface area contributed by atoms with Crippen molar-refractivity contribution in [1.29, 1.82) is 0 Å². The van der Waals surface area contributed by atoms with E-state index < -0.39 is 5.60 Å². The van der Waals surface area contributed by atoms with E-state index in [1.807, 2.05) is 32.9 Å². The molecule has 2 saturated heterocycles. The third-order valence-electron chi connectivity index (χ3n) is 5.52. The number of unbranched alkanes of at least 4 members (excludes halogenated alkanes) is 1. The van der Waals surface area contributed by atoms with Gasteiger partial charge in [0.15, 0.2) is 0 Å². The molecule has 3 rings (SSSR count). The molecule has 2 aliphatic heterocycles. The van der Waals surface area contributed by atoms with E-state index in [1.54, 1.807) is 9.80 Å². The first kappa shape index (κ1) is 23.1. The smallest absolute Gasteiger partial charge is 0.410 e. The van der Waals surface area contributed by atoms with Gasteiger partial charge in [-0.3, -0.25) is 19.9 Å². The summed E-state index contributed by atoms with van der Waals surface area (Å²) in [5.74, 6) is -0.218. The molecule has 0 unspecified atom stereocenters. The van der Waals surface area contributed by atoms with Gasteiger partial charge in [0.05, 0.1) is 0 Å². The van der Waals surface area contributed by atoms with Crippen LogP contribution in [-0.2, 0) is 16.0 Å². The van der Waals surface area contributed by atoms with Crippen molar-refractivity contribution in [2.45, 2.75) is 52.1 Å². The molecule has 0 atom stereocenters. The topological polar surface area (TPSA) is 82.2 Å². The largest absolute Gasteiger partial charge is 0.444 e. The number of carbonyl (C=O) groups excluding carboxylic acids is 3. The van der Waals surface area contributed by atoms with Gasteiger partial charge in [0.25, 0.3) is 0 Å². The van der Waals surface area contributed by atoms with E-state index in [4.69, 9.17) is 4.74 Å². The second-order valence-corrected chi connectivity index (χ2v) is 9.19. The molecule has 0 aliphatic carbocycles. The van der Waals surface area contributed by atoms with Crippen LogP contribution in [0.1, 0.15) is 45.6 Å². The lowest BCUT2D eigenvalue weighted by molar-refractivity contribution is -0.120. The Bertz CT molecular complexity index is 780. The minimum Gasteiger partial charge on any atom is -0.444 e. The van der Waals surface area contributed by atoms with Crippen molar-refractivity contribution in [2.24, 2.45) is 0 Å². The molecule has 0 bridgehead atoms. The number of piperazine rings is 1. The van der Waals surface area contributed by atoms with Crippen LogP contribution in [0.25, 0.3) is 0 Å². The molecule has 0 saturated carbocycles. The fraction of sp³-hybridized carbons (Fsp3) is 0.609. The van der Waals surface area contributed by atoms with Crippen molar-refractivity contribution in [1.82, 2.24) is 15.1 Å². The molecule has 1 aromatic carbocycles. The van der Waals surface area contributed by atoms with Gasteiger partial charge in [-0.05, 0) is 64.3 Å². The predicted molar refractivity (Wildman–Crippen MR) is 119 cm³/mol. The van der Waals surface area contributed by atoms with Gasteiger partial charge >= 0.3 is 12.1 Å². The first-order valence-electron chi connectivity index (χ1n) is 11.1. The highest BCUT2D eigenvalue weighted by Gasteiger charge is 2.26. The molecule has 0 aromatic heterocycles. The Morgan fingerprint density at radius 1 is 1.00 bits per heavy atom. The number of imide groups is 1. The summed E-state index contributed by atoms with van der Waals surface area (Å²) in [5.41, 5.74) is 1.61. The minimum atomic E-state index is -0.453. The second kappa shape index (κ2) is 10.1. The second-order valence-electron chi connectivity index (χ2n) is 9.19. The SMILES string of the molecule is CC(C)(C)OC(=O)N1CCN(CCCCc2ccc(N3CCC(=O)NC3=O)cc2)CC1. The summed E-state index contributed by atoms with van der Waals surface area (Å²) in [7, 11) is 0. The van der Waals surface area contributed by atoms with E-state index in [9.17, 15) is 14.4 Å². The fourth-order valence-corrected chi connectivity index (χ4v) is 3.80. The Balaban J connectivity index is 1.34. The molecular weight excluding hydrogens is 396 g/mol. The number of anilines is 1. The van der Waals surface area contributed by atoms with Crippen molar-refractivity contribution in [2.75, 3.05) is 44.2 Å². The standard InChI is InChI=1S/C23H34N4O4/c1-23(2,3)31-22(30)26-16-14-25(15-17-26)12-5-4-6-18-7-9-19(10-8-18)27-13-11-20(28)24-21(27)29/h7-10H,4-6,11-17H2,1-3H3,(H,24,28,29). The van der Waals surface area contributed by atoms with Crippen molar-refractivity contribution < 1.29 is 19.1 Å². The number of amides is 4.